The van der Waals surface area contributed by atoms with Gasteiger partial charge in [-0.3, -0.25) is 0 Å². The van der Waals surface area contributed by atoms with E-state index in [1.54, 1.807) is 0 Å². The Morgan fingerprint density at radius 3 is 2.12 bits per heavy atom. The van der Waals surface area contributed by atoms with Gasteiger partial charge in [-0.15, -0.1) is 0 Å². The second kappa shape index (κ2) is 5.04. The maximum atomic E-state index is 9.59. The molecule has 4 nitrogen and oxygen atoms in total. The SMILES string of the molecule is N/N=C(\Cl)C(=O)O.[Re]. The van der Waals surface area contributed by atoms with Crippen LogP contribution < -0.4 is 5.84 Å². The number of carboxylic acid groups (broad SMARTS) is 1. The minimum absolute atomic E-state index is 0. The predicted molar refractivity (Wildman–Crippen MR) is 25.1 cm³/mol. The van der Waals surface area contributed by atoms with E-state index in [2.05, 4.69) is 10.9 Å². The number of hydrazone groups is 1. The van der Waals surface area contributed by atoms with Crippen molar-refractivity contribution in [2.75, 3.05) is 0 Å². The third-order valence-electron chi connectivity index (χ3n) is 0.290. The van der Waals surface area contributed by atoms with Gasteiger partial charge < -0.3 is 10.9 Å². The van der Waals surface area contributed by atoms with Gasteiger partial charge in [0.05, 0.1) is 0 Å². The Bertz CT molecular complexity index is 115. The molecule has 0 aromatic heterocycles. The molecule has 0 amide bonds. The first-order chi connectivity index (χ1) is 3.18. The van der Waals surface area contributed by atoms with Gasteiger partial charge >= 0.3 is 5.97 Å². The number of halogens is 1. The molecule has 0 fully saturated rings. The van der Waals surface area contributed by atoms with Crippen LogP contribution >= 0.6 is 11.6 Å². The smallest absolute Gasteiger partial charge is 0.368 e. The van der Waals surface area contributed by atoms with Crippen molar-refractivity contribution < 1.29 is 30.3 Å². The molecular formula is C2H3ClN2O2Re. The normalized spacial score (nSPS) is 9.88. The van der Waals surface area contributed by atoms with Crippen LogP contribution in [0.15, 0.2) is 5.10 Å². The van der Waals surface area contributed by atoms with Crippen molar-refractivity contribution in [1.82, 2.24) is 0 Å². The number of carbonyl (C=O) groups is 1. The van der Waals surface area contributed by atoms with Crippen LogP contribution in [0.25, 0.3) is 0 Å². The van der Waals surface area contributed by atoms with Crippen molar-refractivity contribution in [3.8, 4) is 0 Å². The number of hydrogen-bond donors (Lipinski definition) is 2. The van der Waals surface area contributed by atoms with Crippen molar-refractivity contribution in [2.24, 2.45) is 10.9 Å². The zero-order valence-corrected chi connectivity index (χ0v) is 7.11. The molecule has 0 aromatic rings. The summed E-state index contributed by atoms with van der Waals surface area (Å²) in [6, 6.07) is 0. The zero-order chi connectivity index (χ0) is 5.86. The van der Waals surface area contributed by atoms with Crippen LogP contribution in [0.4, 0.5) is 0 Å². The van der Waals surface area contributed by atoms with Crippen LogP contribution in [-0.4, -0.2) is 16.2 Å². The van der Waals surface area contributed by atoms with E-state index in [9.17, 15) is 4.79 Å². The number of nitrogens with zero attached hydrogens (tertiary/aromatic N) is 1. The summed E-state index contributed by atoms with van der Waals surface area (Å²) >= 11 is 4.83. The van der Waals surface area contributed by atoms with Crippen molar-refractivity contribution in [3.05, 3.63) is 0 Å². The number of carboxylic acids is 1. The molecular weight excluding hydrogens is 306 g/mol. The van der Waals surface area contributed by atoms with Gasteiger partial charge in [0.2, 0.25) is 5.17 Å². The fraction of sp³-hybridized carbons (Fsp3) is 0. The summed E-state index contributed by atoms with van der Waals surface area (Å²) in [7, 11) is 0. The largest absolute Gasteiger partial charge is 0.476 e. The fourth-order valence-electron chi connectivity index (χ4n) is 0.0552. The summed E-state index contributed by atoms with van der Waals surface area (Å²) in [5, 5.41) is 9.90. The Labute approximate surface area is 64.3 Å². The van der Waals surface area contributed by atoms with E-state index in [-0.39, 0.29) is 20.4 Å². The average Bonchev–Trinajstić information content (AvgIpc) is 1.65. The van der Waals surface area contributed by atoms with E-state index in [0.29, 0.717) is 0 Å². The Hall–Kier alpha value is -0.108. The topological polar surface area (TPSA) is 75.7 Å². The minimum atomic E-state index is -1.32. The van der Waals surface area contributed by atoms with E-state index in [4.69, 9.17) is 16.7 Å². The van der Waals surface area contributed by atoms with Crippen molar-refractivity contribution in [3.63, 3.8) is 0 Å². The molecule has 0 aromatic carbocycles. The van der Waals surface area contributed by atoms with Crippen molar-refractivity contribution >= 4 is 22.7 Å². The van der Waals surface area contributed by atoms with Gasteiger partial charge in [-0.25, -0.2) is 4.79 Å². The van der Waals surface area contributed by atoms with Gasteiger partial charge in [-0.05, 0) is 0 Å². The summed E-state index contributed by atoms with van der Waals surface area (Å²) in [4.78, 5) is 9.59. The van der Waals surface area contributed by atoms with Gasteiger partial charge in [-0.2, -0.15) is 5.10 Å². The molecule has 0 unspecified atom stereocenters. The summed E-state index contributed by atoms with van der Waals surface area (Å²) < 4.78 is 0. The summed E-state index contributed by atoms with van der Waals surface area (Å²) in [5.74, 6) is 3.13. The van der Waals surface area contributed by atoms with Gasteiger partial charge in [0.1, 0.15) is 0 Å². The number of rotatable bonds is 1. The quantitative estimate of drug-likeness (QED) is 0.392. The average molecular weight is 309 g/mol. The van der Waals surface area contributed by atoms with Crippen LogP contribution in [0.1, 0.15) is 0 Å². The molecule has 0 saturated heterocycles. The molecule has 0 heterocycles. The van der Waals surface area contributed by atoms with Crippen molar-refractivity contribution in [2.45, 2.75) is 0 Å². The fourth-order valence-corrected chi connectivity index (χ4v) is 0.0552. The number of nitrogens with two attached hydrogens (primary N) is 1. The van der Waals surface area contributed by atoms with Gasteiger partial charge in [-0.1, -0.05) is 11.6 Å². The van der Waals surface area contributed by atoms with Crippen LogP contribution in [0.3, 0.4) is 0 Å². The van der Waals surface area contributed by atoms with Crippen LogP contribution in [0, 0.1) is 0 Å². The number of aliphatic carboxylic acids is 1. The molecule has 3 N–H and O–H groups in total. The summed E-state index contributed by atoms with van der Waals surface area (Å²) in [6.07, 6.45) is 0. The molecule has 0 aliphatic rings. The van der Waals surface area contributed by atoms with Crippen LogP contribution in [0.5, 0.6) is 0 Å². The van der Waals surface area contributed by atoms with E-state index in [1.807, 2.05) is 0 Å². The molecule has 0 aliphatic heterocycles. The molecule has 0 rings (SSSR count). The molecule has 0 atom stereocenters. The molecule has 47 valence electrons. The molecule has 0 saturated carbocycles. The Kier molecular flexibility index (Phi) is 6.80. The van der Waals surface area contributed by atoms with Gasteiger partial charge in [0, 0.05) is 20.4 Å². The second-order valence-corrected chi connectivity index (χ2v) is 1.08. The standard InChI is InChI=1S/C2H3ClN2O2.Re/c3-1(5-4)2(6)7;/h4H2,(H,6,7);/b5-1-;. The third-order valence-corrected chi connectivity index (χ3v) is 0.549. The number of hydrogen-bond acceptors (Lipinski definition) is 3. The molecule has 1 radical (unpaired) electrons. The molecule has 0 spiro atoms. The maximum absolute atomic E-state index is 9.59. The van der Waals surface area contributed by atoms with E-state index >= 15 is 0 Å². The summed E-state index contributed by atoms with van der Waals surface area (Å²) in [5.41, 5.74) is 0. The second-order valence-electron chi connectivity index (χ2n) is 0.725. The molecule has 8 heavy (non-hydrogen) atoms. The Morgan fingerprint density at radius 1 is 1.75 bits per heavy atom. The molecule has 0 aliphatic carbocycles. The molecule has 6 heteroatoms. The van der Waals surface area contributed by atoms with E-state index in [1.165, 1.54) is 0 Å². The predicted octanol–water partition coefficient (Wildman–Crippen LogP) is -0.421. The first-order valence-corrected chi connectivity index (χ1v) is 1.73. The van der Waals surface area contributed by atoms with Crippen molar-refractivity contribution in [1.29, 1.82) is 0 Å². The first-order valence-electron chi connectivity index (χ1n) is 1.35. The Morgan fingerprint density at radius 2 is 2.12 bits per heavy atom. The van der Waals surface area contributed by atoms with Crippen LogP contribution in [-0.2, 0) is 25.2 Å². The van der Waals surface area contributed by atoms with Gasteiger partial charge in [0.15, 0.2) is 0 Å². The van der Waals surface area contributed by atoms with Crippen LogP contribution in [0.2, 0.25) is 0 Å². The summed E-state index contributed by atoms with van der Waals surface area (Å²) in [6.45, 7) is 0. The first kappa shape index (κ1) is 10.8. The monoisotopic (exact) mass is 309 g/mol. The third kappa shape index (κ3) is 4.06. The Balaban J connectivity index is 0. The van der Waals surface area contributed by atoms with E-state index in [0.717, 1.165) is 0 Å². The molecule has 0 bridgehead atoms. The van der Waals surface area contributed by atoms with E-state index < -0.39 is 11.1 Å². The van der Waals surface area contributed by atoms with Gasteiger partial charge in [0.25, 0.3) is 0 Å². The minimum Gasteiger partial charge on any atom is -0.476 e. The maximum Gasteiger partial charge on any atom is 0.368 e. The zero-order valence-electron chi connectivity index (χ0n) is 3.64.